The molecule has 0 fully saturated rings. The number of aryl methyl sites for hydroxylation is 1. The van der Waals surface area contributed by atoms with Crippen LogP contribution in [0.5, 0.6) is 0 Å². The molecule has 24 heavy (non-hydrogen) atoms. The summed E-state index contributed by atoms with van der Waals surface area (Å²) in [6.07, 6.45) is 3.55. The third-order valence-corrected chi connectivity index (χ3v) is 4.05. The highest BCUT2D eigenvalue weighted by Gasteiger charge is 2.12. The first kappa shape index (κ1) is 14.5. The van der Waals surface area contributed by atoms with E-state index in [0.717, 1.165) is 22.2 Å². The van der Waals surface area contributed by atoms with E-state index in [-0.39, 0.29) is 17.7 Å². The van der Waals surface area contributed by atoms with Crippen LogP contribution in [0.2, 0.25) is 0 Å². The average molecular weight is 320 g/mol. The molecule has 0 saturated heterocycles. The second-order valence-electron chi connectivity index (χ2n) is 5.74. The number of aliphatic hydroxyl groups excluding tert-OH is 1. The number of fused-ring (bicyclic) bond motifs is 2. The van der Waals surface area contributed by atoms with Crippen LogP contribution in [-0.2, 0) is 6.61 Å². The zero-order chi connectivity index (χ0) is 16.7. The third-order valence-electron chi connectivity index (χ3n) is 4.05. The van der Waals surface area contributed by atoms with Gasteiger partial charge in [0.15, 0.2) is 0 Å². The van der Waals surface area contributed by atoms with Crippen LogP contribution in [0.4, 0.5) is 11.5 Å². The molecule has 3 aromatic heterocycles. The Balaban J connectivity index is 1.86. The number of pyridine rings is 1. The molecule has 0 radical (unpaired) electrons. The van der Waals surface area contributed by atoms with E-state index in [0.29, 0.717) is 11.5 Å². The van der Waals surface area contributed by atoms with Crippen molar-refractivity contribution in [1.29, 1.82) is 0 Å². The summed E-state index contributed by atoms with van der Waals surface area (Å²) in [6, 6.07) is 11.5. The fourth-order valence-electron chi connectivity index (χ4n) is 2.79. The monoisotopic (exact) mass is 320 g/mol. The van der Waals surface area contributed by atoms with Gasteiger partial charge in [0.05, 0.1) is 12.2 Å². The molecule has 0 bridgehead atoms. The van der Waals surface area contributed by atoms with Gasteiger partial charge >= 0.3 is 0 Å². The Morgan fingerprint density at radius 1 is 1.25 bits per heavy atom. The fraction of sp³-hybridized carbons (Fsp3) is 0.111. The minimum absolute atomic E-state index is 0.241. The number of hydrogen-bond donors (Lipinski definition) is 3. The standard InChI is InChI=1S/C18H16N4O2/c1-11-5-7-22-16(8-11)21-17(14(10-23)18(22)24)20-13-2-3-15-12(9-13)4-6-19-15/h2-9,19-20,23H,10H2,1H3. The Bertz CT molecular complexity index is 1110. The first-order valence-corrected chi connectivity index (χ1v) is 7.62. The Kier molecular flexibility index (Phi) is 3.32. The number of anilines is 2. The van der Waals surface area contributed by atoms with Crippen molar-refractivity contribution in [3.8, 4) is 0 Å². The SMILES string of the molecule is Cc1ccn2c(=O)c(CO)c(Nc3ccc4[nH]ccc4c3)nc2c1. The van der Waals surface area contributed by atoms with Crippen molar-refractivity contribution in [3.63, 3.8) is 0 Å². The molecule has 120 valence electrons. The largest absolute Gasteiger partial charge is 0.391 e. The highest BCUT2D eigenvalue weighted by atomic mass is 16.3. The molecule has 3 heterocycles. The maximum atomic E-state index is 12.6. The zero-order valence-corrected chi connectivity index (χ0v) is 13.1. The van der Waals surface area contributed by atoms with E-state index in [1.54, 1.807) is 6.20 Å². The average Bonchev–Trinajstić information content (AvgIpc) is 3.02. The first-order chi connectivity index (χ1) is 11.7. The van der Waals surface area contributed by atoms with E-state index in [1.165, 1.54) is 4.40 Å². The molecule has 0 aliphatic carbocycles. The summed E-state index contributed by atoms with van der Waals surface area (Å²) in [5.74, 6) is 0.378. The number of rotatable bonds is 3. The van der Waals surface area contributed by atoms with Crippen LogP contribution < -0.4 is 10.9 Å². The van der Waals surface area contributed by atoms with Gasteiger partial charge in [-0.1, -0.05) is 0 Å². The summed E-state index contributed by atoms with van der Waals surface area (Å²) < 4.78 is 1.44. The maximum absolute atomic E-state index is 12.6. The molecule has 0 aliphatic heterocycles. The van der Waals surface area contributed by atoms with Crippen molar-refractivity contribution in [2.24, 2.45) is 0 Å². The lowest BCUT2D eigenvalue weighted by molar-refractivity contribution is 0.280. The van der Waals surface area contributed by atoms with E-state index < -0.39 is 0 Å². The first-order valence-electron chi connectivity index (χ1n) is 7.62. The number of aromatic amines is 1. The normalized spacial score (nSPS) is 11.2. The molecule has 0 atom stereocenters. The smallest absolute Gasteiger partial charge is 0.265 e. The van der Waals surface area contributed by atoms with Gasteiger partial charge in [-0.15, -0.1) is 0 Å². The molecule has 0 saturated carbocycles. The molecule has 4 rings (SSSR count). The minimum atomic E-state index is -0.378. The Labute approximate surface area is 137 Å². The molecule has 0 unspecified atom stereocenters. The van der Waals surface area contributed by atoms with Crippen molar-refractivity contribution in [2.45, 2.75) is 13.5 Å². The van der Waals surface area contributed by atoms with E-state index >= 15 is 0 Å². The van der Waals surface area contributed by atoms with Gasteiger partial charge in [-0.3, -0.25) is 9.20 Å². The number of aliphatic hydroxyl groups is 1. The zero-order valence-electron chi connectivity index (χ0n) is 13.1. The molecule has 4 aromatic rings. The fourth-order valence-corrected chi connectivity index (χ4v) is 2.79. The van der Waals surface area contributed by atoms with Crippen LogP contribution in [-0.4, -0.2) is 19.5 Å². The van der Waals surface area contributed by atoms with Crippen LogP contribution in [0.3, 0.4) is 0 Å². The molecule has 1 aromatic carbocycles. The molecule has 0 amide bonds. The summed E-state index contributed by atoms with van der Waals surface area (Å²) in [5, 5.41) is 13.8. The Morgan fingerprint density at radius 3 is 2.96 bits per heavy atom. The van der Waals surface area contributed by atoms with Gasteiger partial charge in [-0.2, -0.15) is 0 Å². The lowest BCUT2D eigenvalue weighted by atomic mass is 10.2. The van der Waals surface area contributed by atoms with E-state index in [9.17, 15) is 9.90 Å². The van der Waals surface area contributed by atoms with Crippen LogP contribution >= 0.6 is 0 Å². The van der Waals surface area contributed by atoms with Gasteiger partial charge in [0.1, 0.15) is 11.5 Å². The van der Waals surface area contributed by atoms with Gasteiger partial charge in [-0.05, 0) is 48.9 Å². The topological polar surface area (TPSA) is 82.4 Å². The van der Waals surface area contributed by atoms with Gasteiger partial charge in [-0.25, -0.2) is 4.98 Å². The molecule has 6 heteroatoms. The lowest BCUT2D eigenvalue weighted by Crippen LogP contribution is -2.21. The number of nitrogens with zero attached hydrogens (tertiary/aromatic N) is 2. The van der Waals surface area contributed by atoms with Crippen LogP contribution in [0.15, 0.2) is 53.6 Å². The van der Waals surface area contributed by atoms with Gasteiger partial charge in [0.25, 0.3) is 5.56 Å². The molecule has 6 nitrogen and oxygen atoms in total. The second-order valence-corrected chi connectivity index (χ2v) is 5.74. The van der Waals surface area contributed by atoms with Gasteiger partial charge in [0.2, 0.25) is 0 Å². The summed E-state index contributed by atoms with van der Waals surface area (Å²) in [4.78, 5) is 20.2. The lowest BCUT2D eigenvalue weighted by Gasteiger charge is -2.12. The highest BCUT2D eigenvalue weighted by molar-refractivity contribution is 5.84. The number of aromatic nitrogens is 3. The number of benzene rings is 1. The van der Waals surface area contributed by atoms with Crippen molar-refractivity contribution < 1.29 is 5.11 Å². The highest BCUT2D eigenvalue weighted by Crippen LogP contribution is 2.22. The van der Waals surface area contributed by atoms with Crippen molar-refractivity contribution in [1.82, 2.24) is 14.4 Å². The molecular weight excluding hydrogens is 304 g/mol. The predicted octanol–water partition coefficient (Wildman–Crippen LogP) is 2.72. The predicted molar refractivity (Wildman–Crippen MR) is 93.7 cm³/mol. The maximum Gasteiger partial charge on any atom is 0.265 e. The molecule has 0 aliphatic rings. The second kappa shape index (κ2) is 5.50. The van der Waals surface area contributed by atoms with Gasteiger partial charge in [0, 0.05) is 29.0 Å². The van der Waals surface area contributed by atoms with Crippen molar-refractivity contribution >= 4 is 28.1 Å². The van der Waals surface area contributed by atoms with E-state index in [4.69, 9.17) is 0 Å². The molecular formula is C18H16N4O2. The summed E-state index contributed by atoms with van der Waals surface area (Å²) in [7, 11) is 0. The Hall–Kier alpha value is -3.12. The van der Waals surface area contributed by atoms with Gasteiger partial charge < -0.3 is 15.4 Å². The number of hydrogen-bond acceptors (Lipinski definition) is 4. The molecule has 3 N–H and O–H groups in total. The number of H-pyrrole nitrogens is 1. The van der Waals surface area contributed by atoms with Crippen LogP contribution in [0, 0.1) is 6.92 Å². The van der Waals surface area contributed by atoms with E-state index in [1.807, 2.05) is 49.5 Å². The third kappa shape index (κ3) is 2.33. The van der Waals surface area contributed by atoms with Crippen molar-refractivity contribution in [3.05, 3.63) is 70.3 Å². The minimum Gasteiger partial charge on any atom is -0.391 e. The number of nitrogens with one attached hydrogen (secondary N) is 2. The summed E-state index contributed by atoms with van der Waals surface area (Å²) >= 11 is 0. The van der Waals surface area contributed by atoms with E-state index in [2.05, 4.69) is 15.3 Å². The van der Waals surface area contributed by atoms with Crippen LogP contribution in [0.1, 0.15) is 11.1 Å². The molecule has 0 spiro atoms. The summed E-state index contributed by atoms with van der Waals surface area (Å²) in [6.45, 7) is 1.57. The van der Waals surface area contributed by atoms with Crippen LogP contribution in [0.25, 0.3) is 16.6 Å². The Morgan fingerprint density at radius 2 is 2.12 bits per heavy atom. The quantitative estimate of drug-likeness (QED) is 0.542. The van der Waals surface area contributed by atoms with Crippen molar-refractivity contribution in [2.75, 3.05) is 5.32 Å². The summed E-state index contributed by atoms with van der Waals surface area (Å²) in [5.41, 5.74) is 3.37.